The van der Waals surface area contributed by atoms with Crippen molar-refractivity contribution in [2.75, 3.05) is 16.8 Å². The van der Waals surface area contributed by atoms with Crippen LogP contribution in [0.5, 0.6) is 0 Å². The maximum atomic E-state index is 12.4. The van der Waals surface area contributed by atoms with Crippen LogP contribution in [-0.4, -0.2) is 28.6 Å². The maximum Gasteiger partial charge on any atom is 0.231 e. The van der Waals surface area contributed by atoms with Gasteiger partial charge >= 0.3 is 0 Å². The van der Waals surface area contributed by atoms with Crippen LogP contribution in [0.4, 0.5) is 10.8 Å². The number of nitrogens with one attached hydrogen (secondary N) is 1. The second-order valence-electron chi connectivity index (χ2n) is 5.97. The first-order valence-electron chi connectivity index (χ1n) is 7.64. The van der Waals surface area contributed by atoms with Crippen molar-refractivity contribution in [1.29, 1.82) is 0 Å². The monoisotopic (exact) mass is 364 g/mol. The van der Waals surface area contributed by atoms with Gasteiger partial charge in [0.25, 0.3) is 0 Å². The van der Waals surface area contributed by atoms with E-state index in [1.165, 1.54) is 11.3 Å². The molecule has 1 N–H and O–H groups in total. The number of nitrogens with zero attached hydrogens (tertiary/aromatic N) is 3. The summed E-state index contributed by atoms with van der Waals surface area (Å²) in [6.07, 6.45) is 0.185. The SMILES string of the molecule is CC(C)c1nnc(NC(=O)[C@@H]2CC(=O)N(c3ccc(Cl)cc3)C2)s1. The molecule has 0 spiro atoms. The highest BCUT2D eigenvalue weighted by molar-refractivity contribution is 7.15. The van der Waals surface area contributed by atoms with Crippen molar-refractivity contribution >= 4 is 45.6 Å². The number of benzene rings is 1. The standard InChI is InChI=1S/C16H17ClN4O2S/c1-9(2)15-19-20-16(24-15)18-14(23)10-7-13(22)21(8-10)12-5-3-11(17)4-6-12/h3-6,9-10H,7-8H2,1-2H3,(H,18,20,23)/t10-/m1/s1. The van der Waals surface area contributed by atoms with Gasteiger partial charge in [0, 0.05) is 29.6 Å². The molecule has 2 heterocycles. The Morgan fingerprint density at radius 3 is 2.67 bits per heavy atom. The number of hydrogen-bond acceptors (Lipinski definition) is 5. The molecule has 0 radical (unpaired) electrons. The van der Waals surface area contributed by atoms with Crippen LogP contribution >= 0.6 is 22.9 Å². The van der Waals surface area contributed by atoms with Gasteiger partial charge in [-0.2, -0.15) is 0 Å². The van der Waals surface area contributed by atoms with E-state index in [1.54, 1.807) is 29.2 Å². The van der Waals surface area contributed by atoms with Crippen molar-refractivity contribution in [2.24, 2.45) is 5.92 Å². The fourth-order valence-electron chi connectivity index (χ4n) is 2.48. The average Bonchev–Trinajstić information content (AvgIpc) is 3.15. The molecule has 0 saturated carbocycles. The molecule has 1 saturated heterocycles. The Bertz CT molecular complexity index is 760. The van der Waals surface area contributed by atoms with Crippen molar-refractivity contribution in [1.82, 2.24) is 10.2 Å². The molecule has 0 aliphatic carbocycles. The third kappa shape index (κ3) is 3.57. The summed E-state index contributed by atoms with van der Waals surface area (Å²) >= 11 is 7.23. The van der Waals surface area contributed by atoms with Crippen molar-refractivity contribution in [3.05, 3.63) is 34.3 Å². The number of carbonyl (C=O) groups excluding carboxylic acids is 2. The number of amides is 2. The Morgan fingerprint density at radius 2 is 2.04 bits per heavy atom. The normalized spacial score (nSPS) is 17.6. The summed E-state index contributed by atoms with van der Waals surface area (Å²) in [5.41, 5.74) is 0.748. The zero-order valence-electron chi connectivity index (χ0n) is 13.3. The lowest BCUT2D eigenvalue weighted by Crippen LogP contribution is -2.28. The minimum atomic E-state index is -0.403. The zero-order valence-corrected chi connectivity index (χ0v) is 14.9. The predicted molar refractivity (Wildman–Crippen MR) is 94.5 cm³/mol. The van der Waals surface area contributed by atoms with Gasteiger partial charge in [0.2, 0.25) is 16.9 Å². The van der Waals surface area contributed by atoms with E-state index >= 15 is 0 Å². The molecule has 1 aliphatic heterocycles. The van der Waals surface area contributed by atoms with Gasteiger partial charge in [0.1, 0.15) is 5.01 Å². The number of halogens is 1. The highest BCUT2D eigenvalue weighted by Crippen LogP contribution is 2.28. The van der Waals surface area contributed by atoms with E-state index in [0.717, 1.165) is 10.7 Å². The smallest absolute Gasteiger partial charge is 0.231 e. The molecule has 2 amide bonds. The summed E-state index contributed by atoms with van der Waals surface area (Å²) < 4.78 is 0. The van der Waals surface area contributed by atoms with Crippen LogP contribution < -0.4 is 10.2 Å². The molecule has 24 heavy (non-hydrogen) atoms. The topological polar surface area (TPSA) is 75.2 Å². The molecule has 1 atom stereocenters. The molecule has 1 aromatic heterocycles. The molecular formula is C16H17ClN4O2S. The molecule has 126 valence electrons. The molecule has 8 heteroatoms. The number of carbonyl (C=O) groups is 2. The quantitative estimate of drug-likeness (QED) is 0.903. The second kappa shape index (κ2) is 6.86. The van der Waals surface area contributed by atoms with Gasteiger partial charge in [-0.15, -0.1) is 10.2 Å². The lowest BCUT2D eigenvalue weighted by Gasteiger charge is -2.16. The molecule has 2 aromatic rings. The third-order valence-corrected chi connectivity index (χ3v) is 5.19. The van der Waals surface area contributed by atoms with E-state index in [1.807, 2.05) is 13.8 Å². The summed E-state index contributed by atoms with van der Waals surface area (Å²) in [6.45, 7) is 4.39. The lowest BCUT2D eigenvalue weighted by molar-refractivity contribution is -0.122. The van der Waals surface area contributed by atoms with Crippen LogP contribution in [0.15, 0.2) is 24.3 Å². The Morgan fingerprint density at radius 1 is 1.33 bits per heavy atom. The summed E-state index contributed by atoms with van der Waals surface area (Å²) in [5.74, 6) is -0.412. The summed E-state index contributed by atoms with van der Waals surface area (Å²) in [6, 6.07) is 7.01. The first-order chi connectivity index (χ1) is 11.4. The molecule has 6 nitrogen and oxygen atoms in total. The summed E-state index contributed by atoms with van der Waals surface area (Å²) in [7, 11) is 0. The molecule has 1 aliphatic rings. The highest BCUT2D eigenvalue weighted by Gasteiger charge is 2.35. The average molecular weight is 365 g/mol. The van der Waals surface area contributed by atoms with E-state index in [2.05, 4.69) is 15.5 Å². The van der Waals surface area contributed by atoms with Crippen molar-refractivity contribution in [3.8, 4) is 0 Å². The van der Waals surface area contributed by atoms with E-state index in [9.17, 15) is 9.59 Å². The third-order valence-electron chi connectivity index (χ3n) is 3.80. The minimum Gasteiger partial charge on any atom is -0.312 e. The Hall–Kier alpha value is -1.99. The summed E-state index contributed by atoms with van der Waals surface area (Å²) in [5, 5.41) is 12.7. The number of hydrogen-bond donors (Lipinski definition) is 1. The first kappa shape index (κ1) is 16.9. The van der Waals surface area contributed by atoms with E-state index < -0.39 is 5.92 Å². The van der Waals surface area contributed by atoms with Gasteiger partial charge in [0.15, 0.2) is 0 Å². The van der Waals surface area contributed by atoms with Crippen LogP contribution in [0.2, 0.25) is 5.02 Å². The minimum absolute atomic E-state index is 0.0717. The number of anilines is 2. The van der Waals surface area contributed by atoms with Gasteiger partial charge in [-0.3, -0.25) is 9.59 Å². The van der Waals surface area contributed by atoms with Crippen LogP contribution in [-0.2, 0) is 9.59 Å². The Balaban J connectivity index is 1.66. The Labute approximate surface area is 148 Å². The van der Waals surface area contributed by atoms with Crippen molar-refractivity contribution < 1.29 is 9.59 Å². The molecule has 0 unspecified atom stereocenters. The first-order valence-corrected chi connectivity index (χ1v) is 8.83. The van der Waals surface area contributed by atoms with Gasteiger partial charge in [-0.05, 0) is 24.3 Å². The lowest BCUT2D eigenvalue weighted by atomic mass is 10.1. The Kier molecular flexibility index (Phi) is 4.82. The van der Waals surface area contributed by atoms with Gasteiger partial charge < -0.3 is 10.2 Å². The number of aromatic nitrogens is 2. The van der Waals surface area contributed by atoms with Gasteiger partial charge in [-0.25, -0.2) is 0 Å². The van der Waals surface area contributed by atoms with Crippen LogP contribution in [0, 0.1) is 5.92 Å². The largest absolute Gasteiger partial charge is 0.312 e. The van der Waals surface area contributed by atoms with Crippen molar-refractivity contribution in [2.45, 2.75) is 26.2 Å². The van der Waals surface area contributed by atoms with Gasteiger partial charge in [0.05, 0.1) is 5.92 Å². The van der Waals surface area contributed by atoms with Gasteiger partial charge in [-0.1, -0.05) is 36.8 Å². The van der Waals surface area contributed by atoms with Crippen LogP contribution in [0.25, 0.3) is 0 Å². The molecule has 1 aromatic carbocycles. The zero-order chi connectivity index (χ0) is 17.3. The number of rotatable bonds is 4. The predicted octanol–water partition coefficient (Wildman–Crippen LogP) is 3.31. The fraction of sp³-hybridized carbons (Fsp3) is 0.375. The molecule has 1 fully saturated rings. The fourth-order valence-corrected chi connectivity index (χ4v) is 3.35. The van der Waals surface area contributed by atoms with E-state index in [4.69, 9.17) is 11.6 Å². The van der Waals surface area contributed by atoms with Crippen LogP contribution in [0.3, 0.4) is 0 Å². The summed E-state index contributed by atoms with van der Waals surface area (Å²) in [4.78, 5) is 26.2. The van der Waals surface area contributed by atoms with E-state index in [0.29, 0.717) is 16.7 Å². The molecule has 0 bridgehead atoms. The van der Waals surface area contributed by atoms with Crippen LogP contribution in [0.1, 0.15) is 31.2 Å². The second-order valence-corrected chi connectivity index (χ2v) is 7.42. The van der Waals surface area contributed by atoms with E-state index in [-0.39, 0.29) is 24.2 Å². The molecular weight excluding hydrogens is 348 g/mol. The maximum absolute atomic E-state index is 12.4. The van der Waals surface area contributed by atoms with Crippen molar-refractivity contribution in [3.63, 3.8) is 0 Å². The highest BCUT2D eigenvalue weighted by atomic mass is 35.5. The molecule has 3 rings (SSSR count).